The molecule has 144 valence electrons. The zero-order valence-corrected chi connectivity index (χ0v) is 15.1. The highest BCUT2D eigenvalue weighted by Gasteiger charge is 2.37. The molecule has 5 nitrogen and oxygen atoms in total. The molecule has 2 aromatic rings. The number of halogens is 2. The summed E-state index contributed by atoms with van der Waals surface area (Å²) in [6.07, 6.45) is 1.39. The van der Waals surface area contributed by atoms with Crippen LogP contribution in [0.4, 0.5) is 19.3 Å². The summed E-state index contributed by atoms with van der Waals surface area (Å²) in [7, 11) is 1.60. The molecular weight excluding hydrogens is 354 g/mol. The number of methoxy groups -OCH3 is 1. The molecular formula is C20H22F2N2O3. The van der Waals surface area contributed by atoms with Crippen LogP contribution in [0.15, 0.2) is 42.5 Å². The van der Waals surface area contributed by atoms with Crippen molar-refractivity contribution in [1.82, 2.24) is 5.32 Å². The first-order valence-corrected chi connectivity index (χ1v) is 8.76. The van der Waals surface area contributed by atoms with E-state index in [0.717, 1.165) is 23.4 Å². The highest BCUT2D eigenvalue weighted by molar-refractivity contribution is 5.89. The minimum atomic E-state index is -0.823. The van der Waals surface area contributed by atoms with Gasteiger partial charge in [0.25, 0.3) is 0 Å². The number of rotatable bonds is 5. The highest BCUT2D eigenvalue weighted by Crippen LogP contribution is 2.39. The molecule has 1 fully saturated rings. The quantitative estimate of drug-likeness (QED) is 0.834. The van der Waals surface area contributed by atoms with Gasteiger partial charge in [-0.1, -0.05) is 24.3 Å². The number of para-hydroxylation sites is 2. The van der Waals surface area contributed by atoms with Crippen molar-refractivity contribution in [2.24, 2.45) is 0 Å². The van der Waals surface area contributed by atoms with Crippen LogP contribution in [0.1, 0.15) is 18.4 Å². The number of carbonyl (C=O) groups is 1. The van der Waals surface area contributed by atoms with Gasteiger partial charge in [0.05, 0.1) is 7.11 Å². The number of amides is 2. The first-order chi connectivity index (χ1) is 13.1. The van der Waals surface area contributed by atoms with Crippen LogP contribution in [0.3, 0.4) is 0 Å². The van der Waals surface area contributed by atoms with Crippen LogP contribution in [0, 0.1) is 11.6 Å². The van der Waals surface area contributed by atoms with Gasteiger partial charge in [0.2, 0.25) is 0 Å². The number of anilines is 1. The molecule has 0 bridgehead atoms. The van der Waals surface area contributed by atoms with E-state index in [2.05, 4.69) is 10.6 Å². The van der Waals surface area contributed by atoms with Gasteiger partial charge in [0.1, 0.15) is 23.1 Å². The summed E-state index contributed by atoms with van der Waals surface area (Å²) >= 11 is 0. The maximum absolute atomic E-state index is 13.7. The normalized spacial score (nSPS) is 15.8. The molecule has 0 unspecified atom stereocenters. The number of ether oxygens (including phenoxy) is 2. The Kier molecular flexibility index (Phi) is 5.91. The fourth-order valence-corrected chi connectivity index (χ4v) is 3.41. The first kappa shape index (κ1) is 19.1. The molecule has 1 aliphatic heterocycles. The average Bonchev–Trinajstić information content (AvgIpc) is 2.70. The maximum Gasteiger partial charge on any atom is 0.319 e. The van der Waals surface area contributed by atoms with Gasteiger partial charge in [-0.15, -0.1) is 0 Å². The molecule has 3 rings (SSSR count). The van der Waals surface area contributed by atoms with Gasteiger partial charge < -0.3 is 20.1 Å². The number of benzene rings is 2. The number of hydrogen-bond acceptors (Lipinski definition) is 3. The second kappa shape index (κ2) is 8.35. The fourth-order valence-electron chi connectivity index (χ4n) is 3.41. The van der Waals surface area contributed by atoms with Crippen molar-refractivity contribution < 1.29 is 23.0 Å². The molecule has 0 radical (unpaired) electrons. The van der Waals surface area contributed by atoms with Crippen LogP contribution < -0.4 is 15.4 Å². The summed E-state index contributed by atoms with van der Waals surface area (Å²) in [5, 5.41) is 5.00. The minimum absolute atomic E-state index is 0.290. The second-order valence-electron chi connectivity index (χ2n) is 6.50. The SMILES string of the molecule is COc1ccccc1C1(CNC(=O)Nc2c(F)cccc2F)CCOCC1. The summed E-state index contributed by atoms with van der Waals surface area (Å²) in [4.78, 5) is 12.3. The van der Waals surface area contributed by atoms with Gasteiger partial charge in [-0.3, -0.25) is 0 Å². The molecule has 0 spiro atoms. The Morgan fingerprint density at radius 2 is 1.78 bits per heavy atom. The highest BCUT2D eigenvalue weighted by atomic mass is 19.1. The summed E-state index contributed by atoms with van der Waals surface area (Å²) < 4.78 is 38.4. The van der Waals surface area contributed by atoms with Gasteiger partial charge in [-0.25, -0.2) is 13.6 Å². The lowest BCUT2D eigenvalue weighted by Crippen LogP contribution is -2.46. The molecule has 0 aromatic heterocycles. The van der Waals surface area contributed by atoms with Crippen LogP contribution in [0.2, 0.25) is 0 Å². The van der Waals surface area contributed by atoms with Crippen LogP contribution in [-0.2, 0) is 10.2 Å². The Balaban J connectivity index is 1.77. The molecule has 1 aliphatic rings. The van der Waals surface area contributed by atoms with E-state index in [4.69, 9.17) is 9.47 Å². The molecule has 1 saturated heterocycles. The lowest BCUT2D eigenvalue weighted by molar-refractivity contribution is 0.0500. The monoisotopic (exact) mass is 376 g/mol. The Morgan fingerprint density at radius 3 is 2.44 bits per heavy atom. The van der Waals surface area contributed by atoms with E-state index in [1.165, 1.54) is 6.07 Å². The Hall–Kier alpha value is -2.67. The Morgan fingerprint density at radius 1 is 1.11 bits per heavy atom. The molecule has 0 saturated carbocycles. The van der Waals surface area contributed by atoms with Crippen molar-refractivity contribution in [2.45, 2.75) is 18.3 Å². The molecule has 0 atom stereocenters. The number of urea groups is 1. The molecule has 0 aliphatic carbocycles. The largest absolute Gasteiger partial charge is 0.496 e. The molecule has 7 heteroatoms. The Bertz CT molecular complexity index is 787. The van der Waals surface area contributed by atoms with E-state index in [9.17, 15) is 13.6 Å². The predicted molar refractivity (Wildman–Crippen MR) is 98.1 cm³/mol. The topological polar surface area (TPSA) is 59.6 Å². The fraction of sp³-hybridized carbons (Fsp3) is 0.350. The summed E-state index contributed by atoms with van der Waals surface area (Å²) in [6.45, 7) is 1.41. The maximum atomic E-state index is 13.7. The van der Waals surface area contributed by atoms with E-state index in [0.29, 0.717) is 32.6 Å². The van der Waals surface area contributed by atoms with Gasteiger partial charge in [0.15, 0.2) is 0 Å². The van der Waals surface area contributed by atoms with E-state index < -0.39 is 23.4 Å². The summed E-state index contributed by atoms with van der Waals surface area (Å²) in [5.41, 5.74) is 0.136. The van der Waals surface area contributed by atoms with Crippen LogP contribution in [0.5, 0.6) is 5.75 Å². The third-order valence-electron chi connectivity index (χ3n) is 4.92. The molecule has 2 aromatic carbocycles. The van der Waals surface area contributed by atoms with Crippen LogP contribution >= 0.6 is 0 Å². The molecule has 27 heavy (non-hydrogen) atoms. The van der Waals surface area contributed by atoms with Crippen molar-refractivity contribution in [2.75, 3.05) is 32.2 Å². The number of hydrogen-bond donors (Lipinski definition) is 2. The predicted octanol–water partition coefficient (Wildman–Crippen LogP) is 3.84. The van der Waals surface area contributed by atoms with Crippen molar-refractivity contribution in [3.8, 4) is 5.75 Å². The average molecular weight is 376 g/mol. The van der Waals surface area contributed by atoms with Crippen LogP contribution in [0.25, 0.3) is 0 Å². The van der Waals surface area contributed by atoms with Crippen molar-refractivity contribution in [3.05, 3.63) is 59.7 Å². The summed E-state index contributed by atoms with van der Waals surface area (Å²) in [5.74, 6) is -0.909. The Labute approximate surface area is 156 Å². The number of nitrogens with one attached hydrogen (secondary N) is 2. The molecule has 1 heterocycles. The van der Waals surface area contributed by atoms with E-state index >= 15 is 0 Å². The third-order valence-corrected chi connectivity index (χ3v) is 4.92. The van der Waals surface area contributed by atoms with E-state index in [-0.39, 0.29) is 5.41 Å². The third kappa shape index (κ3) is 4.19. The van der Waals surface area contributed by atoms with Crippen molar-refractivity contribution in [3.63, 3.8) is 0 Å². The zero-order chi connectivity index (χ0) is 19.3. The smallest absolute Gasteiger partial charge is 0.319 e. The number of carbonyl (C=O) groups excluding carboxylic acids is 1. The van der Waals surface area contributed by atoms with Crippen LogP contribution in [-0.4, -0.2) is 32.9 Å². The van der Waals surface area contributed by atoms with Crippen molar-refractivity contribution >= 4 is 11.7 Å². The summed E-state index contributed by atoms with van der Waals surface area (Å²) in [6, 6.07) is 10.4. The van der Waals surface area contributed by atoms with E-state index in [1.54, 1.807) is 7.11 Å². The molecule has 2 N–H and O–H groups in total. The first-order valence-electron chi connectivity index (χ1n) is 8.76. The molecule has 2 amide bonds. The lowest BCUT2D eigenvalue weighted by atomic mass is 9.73. The minimum Gasteiger partial charge on any atom is -0.496 e. The lowest BCUT2D eigenvalue weighted by Gasteiger charge is -2.38. The standard InChI is InChI=1S/C20H22F2N2O3/c1-26-17-8-3-2-5-14(17)20(9-11-27-12-10-20)13-23-19(25)24-18-15(21)6-4-7-16(18)22/h2-8H,9-13H2,1H3,(H2,23,24,25). The van der Waals surface area contributed by atoms with E-state index in [1.807, 2.05) is 24.3 Å². The second-order valence-corrected chi connectivity index (χ2v) is 6.50. The zero-order valence-electron chi connectivity index (χ0n) is 15.1. The van der Waals surface area contributed by atoms with Gasteiger partial charge >= 0.3 is 6.03 Å². The van der Waals surface area contributed by atoms with Crippen molar-refractivity contribution in [1.29, 1.82) is 0 Å². The van der Waals surface area contributed by atoms with Gasteiger partial charge in [-0.05, 0) is 31.0 Å². The van der Waals surface area contributed by atoms with Gasteiger partial charge in [-0.2, -0.15) is 0 Å². The van der Waals surface area contributed by atoms with Gasteiger partial charge in [0, 0.05) is 30.7 Å².